The number of hydrogen-bond donors (Lipinski definition) is 1. The molecule has 0 radical (unpaired) electrons. The SMILES string of the molecule is N#Cc1cc([N+](=O)[O-])ccc1OCCN. The van der Waals surface area contributed by atoms with E-state index in [1.54, 1.807) is 0 Å². The molecule has 2 N–H and O–H groups in total. The smallest absolute Gasteiger partial charge is 0.271 e. The first-order valence-corrected chi connectivity index (χ1v) is 4.20. The van der Waals surface area contributed by atoms with E-state index in [0.29, 0.717) is 12.3 Å². The molecule has 0 aromatic heterocycles. The Kier molecular flexibility index (Phi) is 3.60. The van der Waals surface area contributed by atoms with Gasteiger partial charge >= 0.3 is 0 Å². The molecule has 0 saturated carbocycles. The Balaban J connectivity index is 3.00. The van der Waals surface area contributed by atoms with Crippen LogP contribution in [0.4, 0.5) is 5.69 Å². The van der Waals surface area contributed by atoms with E-state index >= 15 is 0 Å². The lowest BCUT2D eigenvalue weighted by Crippen LogP contribution is -2.11. The van der Waals surface area contributed by atoms with Crippen molar-refractivity contribution < 1.29 is 9.66 Å². The van der Waals surface area contributed by atoms with Gasteiger partial charge in [-0.15, -0.1) is 0 Å². The van der Waals surface area contributed by atoms with E-state index in [2.05, 4.69) is 0 Å². The van der Waals surface area contributed by atoms with Crippen LogP contribution in [0, 0.1) is 21.4 Å². The minimum Gasteiger partial charge on any atom is -0.491 e. The molecule has 0 unspecified atom stereocenters. The van der Waals surface area contributed by atoms with Gasteiger partial charge in [0, 0.05) is 18.7 Å². The fourth-order valence-corrected chi connectivity index (χ4v) is 1.01. The molecular formula is C9H9N3O3. The average molecular weight is 207 g/mol. The summed E-state index contributed by atoms with van der Waals surface area (Å²) < 4.78 is 5.14. The molecule has 1 aromatic rings. The summed E-state index contributed by atoms with van der Waals surface area (Å²) in [6.07, 6.45) is 0. The molecule has 0 saturated heterocycles. The molecule has 1 rings (SSSR count). The fraction of sp³-hybridized carbons (Fsp3) is 0.222. The molecular weight excluding hydrogens is 198 g/mol. The highest BCUT2D eigenvalue weighted by atomic mass is 16.6. The number of nitro groups is 1. The van der Waals surface area contributed by atoms with Crippen molar-refractivity contribution in [2.45, 2.75) is 0 Å². The highest BCUT2D eigenvalue weighted by Gasteiger charge is 2.10. The van der Waals surface area contributed by atoms with Gasteiger partial charge in [0.2, 0.25) is 0 Å². The van der Waals surface area contributed by atoms with Gasteiger partial charge in [0.1, 0.15) is 24.0 Å². The van der Waals surface area contributed by atoms with Gasteiger partial charge in [-0.25, -0.2) is 0 Å². The van der Waals surface area contributed by atoms with Crippen LogP contribution < -0.4 is 10.5 Å². The number of benzene rings is 1. The van der Waals surface area contributed by atoms with E-state index in [-0.39, 0.29) is 17.9 Å². The number of nitrogens with two attached hydrogens (primary N) is 1. The third-order valence-electron chi connectivity index (χ3n) is 1.67. The second-order valence-electron chi connectivity index (χ2n) is 2.69. The summed E-state index contributed by atoms with van der Waals surface area (Å²) in [6.45, 7) is 0.592. The number of non-ortho nitro benzene ring substituents is 1. The Bertz CT molecular complexity index is 412. The maximum atomic E-state index is 10.4. The predicted octanol–water partition coefficient (Wildman–Crippen LogP) is 0.804. The lowest BCUT2D eigenvalue weighted by Gasteiger charge is -2.05. The Hall–Kier alpha value is -2.13. The standard InChI is InChI=1S/C9H9N3O3/c10-3-4-15-9-2-1-8(12(13)14)5-7(9)6-11/h1-2,5H,3-4,10H2. The van der Waals surface area contributed by atoms with Crippen LogP contribution in [0.5, 0.6) is 5.75 Å². The highest BCUT2D eigenvalue weighted by molar-refractivity contribution is 5.50. The second kappa shape index (κ2) is 4.93. The molecule has 78 valence electrons. The summed E-state index contributed by atoms with van der Waals surface area (Å²) >= 11 is 0. The van der Waals surface area contributed by atoms with Crippen molar-refractivity contribution in [3.05, 3.63) is 33.9 Å². The first kappa shape index (κ1) is 10.9. The van der Waals surface area contributed by atoms with Gasteiger partial charge in [0.25, 0.3) is 5.69 Å². The van der Waals surface area contributed by atoms with E-state index in [9.17, 15) is 10.1 Å². The van der Waals surface area contributed by atoms with Crippen molar-refractivity contribution in [1.82, 2.24) is 0 Å². The number of ether oxygens (including phenoxy) is 1. The van der Waals surface area contributed by atoms with Crippen molar-refractivity contribution in [1.29, 1.82) is 5.26 Å². The fourth-order valence-electron chi connectivity index (χ4n) is 1.01. The van der Waals surface area contributed by atoms with Gasteiger partial charge in [0.05, 0.1) is 4.92 Å². The minimum absolute atomic E-state index is 0.133. The zero-order chi connectivity index (χ0) is 11.3. The lowest BCUT2D eigenvalue weighted by atomic mass is 10.2. The van der Waals surface area contributed by atoms with Crippen LogP contribution in [0.25, 0.3) is 0 Å². The molecule has 6 heteroatoms. The minimum atomic E-state index is -0.562. The van der Waals surface area contributed by atoms with Gasteiger partial charge in [-0.1, -0.05) is 0 Å². The third kappa shape index (κ3) is 2.65. The molecule has 0 bridgehead atoms. The largest absolute Gasteiger partial charge is 0.491 e. The molecule has 0 amide bonds. The van der Waals surface area contributed by atoms with Crippen molar-refractivity contribution in [2.24, 2.45) is 5.73 Å². The maximum Gasteiger partial charge on any atom is 0.271 e. The van der Waals surface area contributed by atoms with E-state index in [4.69, 9.17) is 15.7 Å². The number of nitriles is 1. The highest BCUT2D eigenvalue weighted by Crippen LogP contribution is 2.23. The predicted molar refractivity (Wildman–Crippen MR) is 52.4 cm³/mol. The van der Waals surface area contributed by atoms with Crippen LogP contribution >= 0.6 is 0 Å². The number of nitro benzene ring substituents is 1. The van der Waals surface area contributed by atoms with Gasteiger partial charge < -0.3 is 10.5 Å². The number of hydrogen-bond acceptors (Lipinski definition) is 5. The molecule has 0 aliphatic heterocycles. The molecule has 6 nitrogen and oxygen atoms in total. The molecule has 0 spiro atoms. The summed E-state index contributed by atoms with van der Waals surface area (Å²) in [5.74, 6) is 0.313. The van der Waals surface area contributed by atoms with Crippen LogP contribution in [0.2, 0.25) is 0 Å². The summed E-state index contributed by atoms with van der Waals surface area (Å²) in [5.41, 5.74) is 5.23. The summed E-state index contributed by atoms with van der Waals surface area (Å²) in [6, 6.07) is 5.68. The third-order valence-corrected chi connectivity index (χ3v) is 1.67. The van der Waals surface area contributed by atoms with Crippen LogP contribution in [0.1, 0.15) is 5.56 Å². The van der Waals surface area contributed by atoms with Gasteiger partial charge in [-0.05, 0) is 6.07 Å². The van der Waals surface area contributed by atoms with E-state index in [1.807, 2.05) is 6.07 Å². The molecule has 15 heavy (non-hydrogen) atoms. The van der Waals surface area contributed by atoms with E-state index < -0.39 is 4.92 Å². The van der Waals surface area contributed by atoms with Crippen molar-refractivity contribution in [3.8, 4) is 11.8 Å². The van der Waals surface area contributed by atoms with Crippen LogP contribution in [-0.4, -0.2) is 18.1 Å². The molecule has 1 aromatic carbocycles. The average Bonchev–Trinajstić information content (AvgIpc) is 2.25. The lowest BCUT2D eigenvalue weighted by molar-refractivity contribution is -0.384. The Labute approximate surface area is 86.0 Å². The summed E-state index contributed by atoms with van der Waals surface area (Å²) in [5, 5.41) is 19.2. The van der Waals surface area contributed by atoms with Crippen LogP contribution in [0.3, 0.4) is 0 Å². The monoisotopic (exact) mass is 207 g/mol. The van der Waals surface area contributed by atoms with Gasteiger partial charge in [-0.3, -0.25) is 10.1 Å². The second-order valence-corrected chi connectivity index (χ2v) is 2.69. The van der Waals surface area contributed by atoms with Crippen molar-refractivity contribution in [2.75, 3.05) is 13.2 Å². The van der Waals surface area contributed by atoms with Crippen molar-refractivity contribution in [3.63, 3.8) is 0 Å². The molecule has 0 fully saturated rings. The number of nitrogens with zero attached hydrogens (tertiary/aromatic N) is 2. The Morgan fingerprint density at radius 2 is 2.33 bits per heavy atom. The molecule has 0 atom stereocenters. The Morgan fingerprint density at radius 3 is 2.87 bits per heavy atom. The van der Waals surface area contributed by atoms with E-state index in [1.165, 1.54) is 18.2 Å². The zero-order valence-corrected chi connectivity index (χ0v) is 7.84. The van der Waals surface area contributed by atoms with Gasteiger partial charge in [-0.2, -0.15) is 5.26 Å². The molecule has 0 heterocycles. The topological polar surface area (TPSA) is 102 Å². The maximum absolute atomic E-state index is 10.4. The Morgan fingerprint density at radius 1 is 1.60 bits per heavy atom. The number of rotatable bonds is 4. The van der Waals surface area contributed by atoms with E-state index in [0.717, 1.165) is 0 Å². The van der Waals surface area contributed by atoms with Crippen molar-refractivity contribution >= 4 is 5.69 Å². The first-order chi connectivity index (χ1) is 7.19. The van der Waals surface area contributed by atoms with Crippen LogP contribution in [-0.2, 0) is 0 Å². The first-order valence-electron chi connectivity index (χ1n) is 4.20. The molecule has 0 aliphatic rings. The normalized spacial score (nSPS) is 9.33. The summed E-state index contributed by atoms with van der Waals surface area (Å²) in [4.78, 5) is 9.87. The van der Waals surface area contributed by atoms with Gasteiger partial charge in [0.15, 0.2) is 0 Å². The zero-order valence-electron chi connectivity index (χ0n) is 7.84. The quantitative estimate of drug-likeness (QED) is 0.581. The summed E-state index contributed by atoms with van der Waals surface area (Å²) in [7, 11) is 0. The van der Waals surface area contributed by atoms with Crippen LogP contribution in [0.15, 0.2) is 18.2 Å². The molecule has 0 aliphatic carbocycles.